The van der Waals surface area contributed by atoms with Crippen LogP contribution < -0.4 is 20.2 Å². The molecule has 0 amide bonds. The van der Waals surface area contributed by atoms with Gasteiger partial charge in [-0.3, -0.25) is 5.43 Å². The Morgan fingerprint density at radius 2 is 2.15 bits per heavy atom. The first-order chi connectivity index (χ1) is 12.6. The number of rotatable bonds is 8. The highest BCUT2D eigenvalue weighted by Crippen LogP contribution is 2.28. The quantitative estimate of drug-likeness (QED) is 0.178. The topological polar surface area (TPSA) is 81.2 Å². The normalized spacial score (nSPS) is 10.5. The lowest BCUT2D eigenvalue weighted by Gasteiger charge is -2.09. The predicted octanol–water partition coefficient (Wildman–Crippen LogP) is 2.42. The number of carbonyl (C=O) groups excluding carboxylic acids is 1. The monoisotopic (exact) mass is 393 g/mol. The van der Waals surface area contributed by atoms with Crippen LogP contribution in [0.4, 0.5) is 0 Å². The van der Waals surface area contributed by atoms with E-state index in [1.165, 1.54) is 18.4 Å². The van der Waals surface area contributed by atoms with E-state index in [2.05, 4.69) is 15.8 Å². The molecule has 0 spiro atoms. The van der Waals surface area contributed by atoms with Gasteiger partial charge in [-0.25, -0.2) is 4.79 Å². The van der Waals surface area contributed by atoms with Crippen LogP contribution in [0.5, 0.6) is 11.5 Å². The summed E-state index contributed by atoms with van der Waals surface area (Å²) in [6, 6.07) is 8.62. The molecule has 0 fully saturated rings. The van der Waals surface area contributed by atoms with E-state index in [0.29, 0.717) is 34.6 Å². The Bertz CT molecular complexity index is 763. The van der Waals surface area contributed by atoms with E-state index in [9.17, 15) is 4.79 Å². The van der Waals surface area contributed by atoms with Gasteiger partial charge in [-0.2, -0.15) is 5.10 Å². The summed E-state index contributed by atoms with van der Waals surface area (Å²) in [6.45, 7) is 1.14. The molecule has 1 aromatic heterocycles. The summed E-state index contributed by atoms with van der Waals surface area (Å²) in [7, 11) is 3.12. The van der Waals surface area contributed by atoms with Gasteiger partial charge in [0.25, 0.3) is 0 Å². The summed E-state index contributed by atoms with van der Waals surface area (Å²) < 4.78 is 15.6. The van der Waals surface area contributed by atoms with E-state index in [0.717, 1.165) is 5.56 Å². The van der Waals surface area contributed by atoms with Crippen molar-refractivity contribution in [2.75, 3.05) is 27.4 Å². The maximum atomic E-state index is 12.0. The highest BCUT2D eigenvalue weighted by atomic mass is 32.1. The zero-order chi connectivity index (χ0) is 18.8. The number of carbonyl (C=O) groups is 1. The third-order valence-electron chi connectivity index (χ3n) is 3.08. The number of nitrogens with one attached hydrogen (secondary N) is 2. The predicted molar refractivity (Wildman–Crippen MR) is 105 cm³/mol. The lowest BCUT2D eigenvalue weighted by Crippen LogP contribution is -2.34. The molecule has 0 unspecified atom stereocenters. The summed E-state index contributed by atoms with van der Waals surface area (Å²) in [5.74, 6) is 0.348. The maximum absolute atomic E-state index is 12.0. The van der Waals surface area contributed by atoms with Crippen molar-refractivity contribution < 1.29 is 19.0 Å². The second kappa shape index (κ2) is 10.5. The Morgan fingerprint density at radius 3 is 2.85 bits per heavy atom. The first-order valence-corrected chi connectivity index (χ1v) is 8.92. The van der Waals surface area contributed by atoms with Gasteiger partial charge in [-0.05, 0) is 47.4 Å². The summed E-state index contributed by atoms with van der Waals surface area (Å²) in [5.41, 5.74) is 3.46. The smallest absolute Gasteiger partial charge is 0.353 e. The molecule has 26 heavy (non-hydrogen) atoms. The Labute approximate surface area is 161 Å². The van der Waals surface area contributed by atoms with Crippen LogP contribution in [0, 0.1) is 0 Å². The van der Waals surface area contributed by atoms with E-state index in [4.69, 9.17) is 26.4 Å². The van der Waals surface area contributed by atoms with Crippen molar-refractivity contribution in [2.24, 2.45) is 5.10 Å². The summed E-state index contributed by atoms with van der Waals surface area (Å²) in [6.07, 6.45) is 1.58. The molecule has 0 bridgehead atoms. The summed E-state index contributed by atoms with van der Waals surface area (Å²) >= 11 is 6.38. The number of esters is 1. The van der Waals surface area contributed by atoms with Gasteiger partial charge in [0.15, 0.2) is 16.6 Å². The molecule has 0 saturated carbocycles. The van der Waals surface area contributed by atoms with Crippen molar-refractivity contribution in [3.05, 3.63) is 46.2 Å². The van der Waals surface area contributed by atoms with Gasteiger partial charge < -0.3 is 19.5 Å². The van der Waals surface area contributed by atoms with Gasteiger partial charge in [0.1, 0.15) is 4.88 Å². The Balaban J connectivity index is 1.96. The first-order valence-electron chi connectivity index (χ1n) is 7.63. The van der Waals surface area contributed by atoms with E-state index in [1.807, 2.05) is 5.38 Å². The fourth-order valence-corrected chi connectivity index (χ4v) is 2.62. The zero-order valence-corrected chi connectivity index (χ0v) is 16.0. The minimum Gasteiger partial charge on any atom is -0.493 e. The molecule has 7 nitrogen and oxygen atoms in total. The molecule has 1 heterocycles. The molecule has 0 aliphatic carbocycles. The highest BCUT2D eigenvalue weighted by molar-refractivity contribution is 7.80. The molecule has 9 heteroatoms. The number of nitrogens with zero attached hydrogens (tertiary/aromatic N) is 1. The van der Waals surface area contributed by atoms with Crippen molar-refractivity contribution in [3.8, 4) is 11.5 Å². The third kappa shape index (κ3) is 6.10. The molecule has 0 atom stereocenters. The van der Waals surface area contributed by atoms with Crippen molar-refractivity contribution in [2.45, 2.75) is 0 Å². The number of benzene rings is 1. The first kappa shape index (κ1) is 19.8. The minimum atomic E-state index is -0.422. The van der Waals surface area contributed by atoms with Crippen molar-refractivity contribution >= 4 is 40.9 Å². The molecule has 2 rings (SSSR count). The number of hydrazone groups is 1. The molecule has 138 valence electrons. The molecular formula is C17H19N3O4S2. The number of ether oxygens (including phenoxy) is 3. The molecule has 2 N–H and O–H groups in total. The lowest BCUT2D eigenvalue weighted by molar-refractivity contribution is 0.0735. The second-order valence-corrected chi connectivity index (χ2v) is 6.25. The molecular weight excluding hydrogens is 374 g/mol. The maximum Gasteiger partial charge on any atom is 0.353 e. The van der Waals surface area contributed by atoms with Gasteiger partial charge >= 0.3 is 5.97 Å². The van der Waals surface area contributed by atoms with Gasteiger partial charge in [0.2, 0.25) is 0 Å². The molecule has 0 aliphatic rings. The highest BCUT2D eigenvalue weighted by Gasteiger charge is 2.13. The molecule has 0 radical (unpaired) electrons. The van der Waals surface area contributed by atoms with E-state index in [1.54, 1.807) is 43.7 Å². The Kier molecular flexibility index (Phi) is 8.00. The number of hydrogen-bond donors (Lipinski definition) is 2. The van der Waals surface area contributed by atoms with Gasteiger partial charge in [0.05, 0.1) is 19.9 Å². The van der Waals surface area contributed by atoms with Crippen molar-refractivity contribution in [1.82, 2.24) is 10.7 Å². The average Bonchev–Trinajstić information content (AvgIpc) is 3.18. The van der Waals surface area contributed by atoms with E-state index < -0.39 is 5.97 Å². The zero-order valence-electron chi connectivity index (χ0n) is 14.4. The standard InChI is InChI=1S/C17H19N3O4S2/c1-22-8-7-18-17(25)20-19-11-12-5-6-13(14(10-12)23-2)24-16(21)15-4-3-9-26-15/h3-6,9-11H,7-8H2,1-2H3,(H2,18,20,25)/b19-11-. The molecule has 1 aromatic carbocycles. The summed E-state index contributed by atoms with van der Waals surface area (Å²) in [4.78, 5) is 12.6. The van der Waals surface area contributed by atoms with Crippen LogP contribution in [0.15, 0.2) is 40.8 Å². The SMILES string of the molecule is COCCNC(=S)N/N=C\c1ccc(OC(=O)c2cccs2)c(OC)c1. The van der Waals surface area contributed by atoms with Gasteiger partial charge in [-0.15, -0.1) is 11.3 Å². The van der Waals surface area contributed by atoms with Crippen LogP contribution in [0.2, 0.25) is 0 Å². The fourth-order valence-electron chi connectivity index (χ4n) is 1.87. The van der Waals surface area contributed by atoms with E-state index >= 15 is 0 Å². The lowest BCUT2D eigenvalue weighted by atomic mass is 10.2. The number of hydrogen-bond acceptors (Lipinski definition) is 7. The van der Waals surface area contributed by atoms with Crippen LogP contribution in [0.25, 0.3) is 0 Å². The number of thiophene rings is 1. The van der Waals surface area contributed by atoms with Crippen LogP contribution in [-0.4, -0.2) is 44.7 Å². The second-order valence-electron chi connectivity index (χ2n) is 4.90. The van der Waals surface area contributed by atoms with Gasteiger partial charge in [0, 0.05) is 13.7 Å². The van der Waals surface area contributed by atoms with Crippen molar-refractivity contribution in [1.29, 1.82) is 0 Å². The number of methoxy groups -OCH3 is 2. The van der Waals surface area contributed by atoms with Crippen LogP contribution in [0.1, 0.15) is 15.2 Å². The molecule has 2 aromatic rings. The van der Waals surface area contributed by atoms with Crippen molar-refractivity contribution in [3.63, 3.8) is 0 Å². The molecule has 0 saturated heterocycles. The molecule has 0 aliphatic heterocycles. The fraction of sp³-hybridized carbons (Fsp3) is 0.235. The number of thiocarbonyl (C=S) groups is 1. The van der Waals surface area contributed by atoms with Crippen LogP contribution in [0.3, 0.4) is 0 Å². The van der Waals surface area contributed by atoms with E-state index in [-0.39, 0.29) is 0 Å². The third-order valence-corrected chi connectivity index (χ3v) is 4.17. The van der Waals surface area contributed by atoms with Crippen LogP contribution in [-0.2, 0) is 4.74 Å². The summed E-state index contributed by atoms with van der Waals surface area (Å²) in [5, 5.41) is 9.19. The minimum absolute atomic E-state index is 0.341. The van der Waals surface area contributed by atoms with Crippen LogP contribution >= 0.6 is 23.6 Å². The average molecular weight is 393 g/mol. The largest absolute Gasteiger partial charge is 0.493 e. The van der Waals surface area contributed by atoms with Gasteiger partial charge in [-0.1, -0.05) is 6.07 Å². The Morgan fingerprint density at radius 1 is 1.31 bits per heavy atom. The Hall–Kier alpha value is -2.49.